The van der Waals surface area contributed by atoms with E-state index in [1.807, 2.05) is 0 Å². The third kappa shape index (κ3) is 3.46. The summed E-state index contributed by atoms with van der Waals surface area (Å²) in [5.41, 5.74) is 0. The molecule has 2 unspecified atom stereocenters. The van der Waals surface area contributed by atoms with Crippen LogP contribution in [-0.4, -0.2) is 37.6 Å². The summed E-state index contributed by atoms with van der Waals surface area (Å²) in [4.78, 5) is 2.71. The highest BCUT2D eigenvalue weighted by Crippen LogP contribution is 2.25. The Morgan fingerprint density at radius 1 is 0.938 bits per heavy atom. The van der Waals surface area contributed by atoms with Gasteiger partial charge < -0.3 is 10.2 Å². The van der Waals surface area contributed by atoms with Crippen LogP contribution in [0.5, 0.6) is 0 Å². The maximum Gasteiger partial charge on any atom is 0.0104 e. The van der Waals surface area contributed by atoms with E-state index in [2.05, 4.69) is 17.3 Å². The van der Waals surface area contributed by atoms with Crippen molar-refractivity contribution in [2.45, 2.75) is 57.4 Å². The quantitative estimate of drug-likeness (QED) is 0.741. The largest absolute Gasteiger partial charge is 0.317 e. The molecule has 1 aliphatic carbocycles. The van der Waals surface area contributed by atoms with Gasteiger partial charge in [-0.25, -0.2) is 0 Å². The Morgan fingerprint density at radius 2 is 1.62 bits per heavy atom. The highest BCUT2D eigenvalue weighted by molar-refractivity contribution is 4.81. The highest BCUT2D eigenvalue weighted by Gasteiger charge is 2.24. The van der Waals surface area contributed by atoms with Crippen LogP contribution in [0.25, 0.3) is 0 Å². The molecule has 0 radical (unpaired) electrons. The van der Waals surface area contributed by atoms with Gasteiger partial charge in [0.2, 0.25) is 0 Å². The number of likely N-dealkylation sites (tertiary alicyclic amines) is 1. The molecule has 2 nitrogen and oxygen atoms in total. The summed E-state index contributed by atoms with van der Waals surface area (Å²) < 4.78 is 0. The van der Waals surface area contributed by atoms with Gasteiger partial charge in [0.05, 0.1) is 0 Å². The molecule has 16 heavy (non-hydrogen) atoms. The fraction of sp³-hybridized carbons (Fsp3) is 1.00. The second kappa shape index (κ2) is 6.61. The zero-order valence-corrected chi connectivity index (χ0v) is 10.9. The van der Waals surface area contributed by atoms with Crippen molar-refractivity contribution in [3.63, 3.8) is 0 Å². The summed E-state index contributed by atoms with van der Waals surface area (Å²) in [6, 6.07) is 0.782. The van der Waals surface area contributed by atoms with Crippen LogP contribution in [0.2, 0.25) is 0 Å². The van der Waals surface area contributed by atoms with Gasteiger partial charge in [-0.05, 0) is 51.7 Å². The topological polar surface area (TPSA) is 15.3 Å². The summed E-state index contributed by atoms with van der Waals surface area (Å²) in [6.07, 6.45) is 11.5. The first-order valence-corrected chi connectivity index (χ1v) is 7.30. The Balaban J connectivity index is 1.83. The van der Waals surface area contributed by atoms with Crippen molar-refractivity contribution in [1.82, 2.24) is 10.2 Å². The second-order valence-electron chi connectivity index (χ2n) is 5.65. The third-order valence-electron chi connectivity index (χ3n) is 4.47. The van der Waals surface area contributed by atoms with Crippen LogP contribution in [0.1, 0.15) is 51.4 Å². The van der Waals surface area contributed by atoms with E-state index in [0.717, 1.165) is 12.0 Å². The zero-order chi connectivity index (χ0) is 11.2. The third-order valence-corrected chi connectivity index (χ3v) is 4.47. The van der Waals surface area contributed by atoms with Gasteiger partial charge in [-0.1, -0.05) is 25.7 Å². The SMILES string of the molecule is CNC1CCCCCC1CN1CCCCC1. The van der Waals surface area contributed by atoms with Crippen LogP contribution < -0.4 is 5.32 Å². The molecule has 0 amide bonds. The van der Waals surface area contributed by atoms with Gasteiger partial charge in [-0.15, -0.1) is 0 Å². The first-order chi connectivity index (χ1) is 7.90. The first kappa shape index (κ1) is 12.4. The van der Waals surface area contributed by atoms with Crippen molar-refractivity contribution in [3.8, 4) is 0 Å². The zero-order valence-electron chi connectivity index (χ0n) is 10.9. The van der Waals surface area contributed by atoms with Gasteiger partial charge in [-0.2, -0.15) is 0 Å². The number of hydrogen-bond donors (Lipinski definition) is 1. The molecule has 1 aliphatic heterocycles. The van der Waals surface area contributed by atoms with E-state index in [1.165, 1.54) is 71.0 Å². The maximum absolute atomic E-state index is 3.56. The molecule has 0 aromatic heterocycles. The molecule has 0 aromatic rings. The van der Waals surface area contributed by atoms with Gasteiger partial charge in [-0.3, -0.25) is 0 Å². The van der Waals surface area contributed by atoms with E-state index in [-0.39, 0.29) is 0 Å². The molecule has 2 fully saturated rings. The van der Waals surface area contributed by atoms with Gasteiger partial charge in [0, 0.05) is 12.6 Å². The summed E-state index contributed by atoms with van der Waals surface area (Å²) in [5.74, 6) is 0.908. The minimum atomic E-state index is 0.782. The van der Waals surface area contributed by atoms with Crippen molar-refractivity contribution < 1.29 is 0 Å². The molecular weight excluding hydrogens is 196 g/mol. The molecule has 2 rings (SSSR count). The Hall–Kier alpha value is -0.0800. The van der Waals surface area contributed by atoms with E-state index in [1.54, 1.807) is 0 Å². The summed E-state index contributed by atoms with van der Waals surface area (Å²) in [6.45, 7) is 4.06. The number of piperidine rings is 1. The van der Waals surface area contributed by atoms with Crippen molar-refractivity contribution in [2.24, 2.45) is 5.92 Å². The fourth-order valence-electron chi connectivity index (χ4n) is 3.46. The van der Waals surface area contributed by atoms with Crippen LogP contribution in [0.4, 0.5) is 0 Å². The minimum Gasteiger partial charge on any atom is -0.317 e. The smallest absolute Gasteiger partial charge is 0.0104 e. The fourth-order valence-corrected chi connectivity index (χ4v) is 3.46. The predicted molar refractivity (Wildman–Crippen MR) is 69.7 cm³/mol. The molecule has 2 heteroatoms. The summed E-state index contributed by atoms with van der Waals surface area (Å²) in [7, 11) is 2.15. The lowest BCUT2D eigenvalue weighted by molar-refractivity contribution is 0.171. The van der Waals surface area contributed by atoms with Crippen molar-refractivity contribution in [2.75, 3.05) is 26.7 Å². The van der Waals surface area contributed by atoms with Crippen LogP contribution in [0.3, 0.4) is 0 Å². The van der Waals surface area contributed by atoms with E-state index >= 15 is 0 Å². The maximum atomic E-state index is 3.56. The Bertz CT molecular complexity index is 187. The van der Waals surface area contributed by atoms with Gasteiger partial charge >= 0.3 is 0 Å². The molecule has 1 N–H and O–H groups in total. The van der Waals surface area contributed by atoms with Crippen molar-refractivity contribution in [3.05, 3.63) is 0 Å². The lowest BCUT2D eigenvalue weighted by Gasteiger charge is -2.33. The molecular formula is C14H28N2. The average Bonchev–Trinajstić information content (AvgIpc) is 2.55. The molecule has 2 atom stereocenters. The predicted octanol–water partition coefficient (Wildman–Crippen LogP) is 2.64. The van der Waals surface area contributed by atoms with E-state index in [0.29, 0.717) is 0 Å². The van der Waals surface area contributed by atoms with Gasteiger partial charge in [0.25, 0.3) is 0 Å². The average molecular weight is 224 g/mol. The highest BCUT2D eigenvalue weighted by atomic mass is 15.1. The summed E-state index contributed by atoms with van der Waals surface area (Å²) >= 11 is 0. The normalized spacial score (nSPS) is 33.6. The van der Waals surface area contributed by atoms with Crippen LogP contribution in [-0.2, 0) is 0 Å². The Kier molecular flexibility index (Phi) is 5.11. The van der Waals surface area contributed by atoms with Crippen molar-refractivity contribution in [1.29, 1.82) is 0 Å². The van der Waals surface area contributed by atoms with Crippen LogP contribution in [0, 0.1) is 5.92 Å². The number of rotatable bonds is 3. The van der Waals surface area contributed by atoms with E-state index in [4.69, 9.17) is 0 Å². The monoisotopic (exact) mass is 224 g/mol. The lowest BCUT2D eigenvalue weighted by atomic mass is 9.93. The van der Waals surface area contributed by atoms with E-state index in [9.17, 15) is 0 Å². The second-order valence-corrected chi connectivity index (χ2v) is 5.65. The minimum absolute atomic E-state index is 0.782. The molecule has 0 aromatic carbocycles. The standard InChI is InChI=1S/C14H28N2/c1-15-14-9-5-2-4-8-13(14)12-16-10-6-3-7-11-16/h13-15H,2-12H2,1H3. The molecule has 2 aliphatic rings. The molecule has 1 saturated heterocycles. The Morgan fingerprint density at radius 3 is 2.38 bits per heavy atom. The molecule has 0 bridgehead atoms. The number of hydrogen-bond acceptors (Lipinski definition) is 2. The molecule has 1 saturated carbocycles. The van der Waals surface area contributed by atoms with Gasteiger partial charge in [0.1, 0.15) is 0 Å². The lowest BCUT2D eigenvalue weighted by Crippen LogP contribution is -2.42. The molecule has 0 spiro atoms. The van der Waals surface area contributed by atoms with E-state index < -0.39 is 0 Å². The molecule has 94 valence electrons. The first-order valence-electron chi connectivity index (χ1n) is 7.30. The number of nitrogens with zero attached hydrogens (tertiary/aromatic N) is 1. The van der Waals surface area contributed by atoms with Crippen molar-refractivity contribution >= 4 is 0 Å². The van der Waals surface area contributed by atoms with Gasteiger partial charge in [0.15, 0.2) is 0 Å². The van der Waals surface area contributed by atoms with Crippen LogP contribution in [0.15, 0.2) is 0 Å². The summed E-state index contributed by atoms with van der Waals surface area (Å²) in [5, 5.41) is 3.56. The van der Waals surface area contributed by atoms with Crippen LogP contribution >= 0.6 is 0 Å². The number of nitrogens with one attached hydrogen (secondary N) is 1. The molecule has 1 heterocycles. The Labute approximate surface area is 101 Å².